The van der Waals surface area contributed by atoms with E-state index in [0.717, 1.165) is 5.56 Å². The molecule has 2 aromatic rings. The van der Waals surface area contributed by atoms with Crippen molar-refractivity contribution in [2.75, 3.05) is 4.72 Å². The zero-order chi connectivity index (χ0) is 15.6. The summed E-state index contributed by atoms with van der Waals surface area (Å²) < 4.78 is 27.0. The van der Waals surface area contributed by atoms with Crippen LogP contribution in [0.15, 0.2) is 34.0 Å². The maximum Gasteiger partial charge on any atom is 0.264 e. The Morgan fingerprint density at radius 2 is 1.95 bits per heavy atom. The summed E-state index contributed by atoms with van der Waals surface area (Å²) in [5, 5.41) is 15.0. The van der Waals surface area contributed by atoms with Crippen molar-refractivity contribution in [3.05, 3.63) is 51.3 Å². The van der Waals surface area contributed by atoms with E-state index in [0.29, 0.717) is 11.1 Å². The van der Waals surface area contributed by atoms with Crippen molar-refractivity contribution in [2.24, 2.45) is 0 Å². The van der Waals surface area contributed by atoms with Crippen molar-refractivity contribution in [1.29, 1.82) is 0 Å². The zero-order valence-corrected chi connectivity index (χ0v) is 12.4. The number of hydrogen-bond donors (Lipinski definition) is 3. The molecule has 0 unspecified atom stereocenters. The van der Waals surface area contributed by atoms with Crippen molar-refractivity contribution in [2.45, 2.75) is 25.3 Å². The Hall–Kier alpha value is -2.19. The fourth-order valence-electron chi connectivity index (χ4n) is 1.93. The Balaban J connectivity index is 2.44. The lowest BCUT2D eigenvalue weighted by molar-refractivity contribution is 0.280. The van der Waals surface area contributed by atoms with Gasteiger partial charge in [0.2, 0.25) is 0 Å². The Kier molecular flexibility index (Phi) is 4.10. The van der Waals surface area contributed by atoms with Crippen LogP contribution in [0.25, 0.3) is 0 Å². The number of anilines is 1. The maximum absolute atomic E-state index is 12.4. The van der Waals surface area contributed by atoms with E-state index in [1.807, 2.05) is 0 Å². The number of benzene rings is 1. The van der Waals surface area contributed by atoms with Crippen molar-refractivity contribution in [3.8, 4) is 0 Å². The summed E-state index contributed by atoms with van der Waals surface area (Å²) in [6.07, 6.45) is 0. The molecule has 0 aliphatic heterocycles. The van der Waals surface area contributed by atoms with Crippen molar-refractivity contribution < 1.29 is 13.5 Å². The monoisotopic (exact) mass is 309 g/mol. The van der Waals surface area contributed by atoms with Gasteiger partial charge in [-0.1, -0.05) is 6.07 Å². The second-order valence-corrected chi connectivity index (χ2v) is 6.27. The van der Waals surface area contributed by atoms with E-state index >= 15 is 0 Å². The highest BCUT2D eigenvalue weighted by atomic mass is 32.2. The number of nitrogens with one attached hydrogen (secondary N) is 2. The van der Waals surface area contributed by atoms with Gasteiger partial charge in [0.1, 0.15) is 0 Å². The lowest BCUT2D eigenvalue weighted by atomic mass is 10.1. The molecule has 1 aromatic carbocycles. The number of aryl methyl sites for hydroxylation is 2. The van der Waals surface area contributed by atoms with Crippen molar-refractivity contribution in [3.63, 3.8) is 0 Å². The minimum absolute atomic E-state index is 0.0140. The van der Waals surface area contributed by atoms with Gasteiger partial charge in [-0.15, -0.1) is 0 Å². The molecule has 0 amide bonds. The van der Waals surface area contributed by atoms with Gasteiger partial charge in [-0.25, -0.2) is 13.5 Å². The van der Waals surface area contributed by atoms with Crippen LogP contribution in [0, 0.1) is 13.8 Å². The molecule has 3 N–H and O–H groups in total. The van der Waals surface area contributed by atoms with Crippen LogP contribution in [0.3, 0.4) is 0 Å². The molecule has 0 bridgehead atoms. The molecule has 0 atom stereocenters. The first kappa shape index (κ1) is 15.2. The Labute approximate surface area is 121 Å². The fourth-order valence-corrected chi connectivity index (χ4v) is 3.21. The smallest absolute Gasteiger partial charge is 0.264 e. The largest absolute Gasteiger partial charge is 0.392 e. The van der Waals surface area contributed by atoms with Crippen LogP contribution in [0.2, 0.25) is 0 Å². The number of aromatic amines is 1. The van der Waals surface area contributed by atoms with Crippen LogP contribution < -0.4 is 10.3 Å². The van der Waals surface area contributed by atoms with E-state index in [9.17, 15) is 18.3 Å². The molecule has 112 valence electrons. The molecule has 0 saturated carbocycles. The minimum Gasteiger partial charge on any atom is -0.392 e. The average molecular weight is 309 g/mol. The second-order valence-electron chi connectivity index (χ2n) is 4.61. The highest BCUT2D eigenvalue weighted by Gasteiger charge is 2.19. The van der Waals surface area contributed by atoms with Gasteiger partial charge in [0.25, 0.3) is 15.6 Å². The number of nitrogens with zero attached hydrogens (tertiary/aromatic N) is 1. The summed E-state index contributed by atoms with van der Waals surface area (Å²) >= 11 is 0. The molecule has 0 fully saturated rings. The first-order chi connectivity index (χ1) is 9.83. The number of aliphatic hydroxyl groups is 1. The molecule has 1 heterocycles. The van der Waals surface area contributed by atoms with E-state index in [1.54, 1.807) is 19.9 Å². The summed E-state index contributed by atoms with van der Waals surface area (Å²) in [5.74, 6) is 0.0140. The second kappa shape index (κ2) is 5.66. The van der Waals surface area contributed by atoms with Crippen LogP contribution in [-0.4, -0.2) is 23.7 Å². The number of aromatic nitrogens is 2. The van der Waals surface area contributed by atoms with Gasteiger partial charge in [-0.05, 0) is 42.7 Å². The lowest BCUT2D eigenvalue weighted by Gasteiger charge is -2.12. The Morgan fingerprint density at radius 1 is 1.24 bits per heavy atom. The summed E-state index contributed by atoms with van der Waals surface area (Å²) in [6.45, 7) is 3.22. The van der Waals surface area contributed by atoms with Crippen LogP contribution >= 0.6 is 0 Å². The average Bonchev–Trinajstić information content (AvgIpc) is 2.41. The molecular weight excluding hydrogens is 294 g/mol. The predicted octanol–water partition coefficient (Wildman–Crippen LogP) is 0.680. The number of hydrogen-bond acceptors (Lipinski definition) is 5. The minimum atomic E-state index is -3.85. The normalized spacial score (nSPS) is 11.4. The van der Waals surface area contributed by atoms with E-state index in [1.165, 1.54) is 18.2 Å². The highest BCUT2D eigenvalue weighted by Crippen LogP contribution is 2.22. The summed E-state index contributed by atoms with van der Waals surface area (Å²) in [5.41, 5.74) is 1.49. The van der Waals surface area contributed by atoms with Gasteiger partial charge in [-0.2, -0.15) is 5.10 Å². The van der Waals surface area contributed by atoms with Gasteiger partial charge < -0.3 is 5.11 Å². The number of sulfonamides is 1. The Morgan fingerprint density at radius 3 is 2.52 bits per heavy atom. The quantitative estimate of drug-likeness (QED) is 0.769. The molecule has 2 rings (SSSR count). The van der Waals surface area contributed by atoms with Crippen LogP contribution in [-0.2, 0) is 16.6 Å². The van der Waals surface area contributed by atoms with E-state index in [-0.39, 0.29) is 17.3 Å². The van der Waals surface area contributed by atoms with Gasteiger partial charge in [-0.3, -0.25) is 9.52 Å². The van der Waals surface area contributed by atoms with Gasteiger partial charge in [0, 0.05) is 6.07 Å². The van der Waals surface area contributed by atoms with Gasteiger partial charge in [0.05, 0.1) is 11.5 Å². The van der Waals surface area contributed by atoms with Crippen LogP contribution in [0.1, 0.15) is 16.7 Å². The first-order valence-electron chi connectivity index (χ1n) is 6.13. The SMILES string of the molecule is Cc1cc(C)c(S(=O)(=O)Nc2ccc(=O)[nH]n2)cc1CO. The lowest BCUT2D eigenvalue weighted by Crippen LogP contribution is -2.17. The van der Waals surface area contributed by atoms with E-state index in [2.05, 4.69) is 14.9 Å². The number of rotatable bonds is 4. The zero-order valence-electron chi connectivity index (χ0n) is 11.5. The summed E-state index contributed by atoms with van der Waals surface area (Å²) in [6, 6.07) is 5.57. The van der Waals surface area contributed by atoms with Crippen molar-refractivity contribution in [1.82, 2.24) is 10.2 Å². The van der Waals surface area contributed by atoms with Gasteiger partial charge in [0.15, 0.2) is 5.82 Å². The molecule has 21 heavy (non-hydrogen) atoms. The maximum atomic E-state index is 12.4. The van der Waals surface area contributed by atoms with Crippen molar-refractivity contribution >= 4 is 15.8 Å². The summed E-state index contributed by atoms with van der Waals surface area (Å²) in [7, 11) is -3.85. The highest BCUT2D eigenvalue weighted by molar-refractivity contribution is 7.92. The van der Waals surface area contributed by atoms with Crippen LogP contribution in [0.5, 0.6) is 0 Å². The molecule has 8 heteroatoms. The van der Waals surface area contributed by atoms with Crippen LogP contribution in [0.4, 0.5) is 5.82 Å². The van der Waals surface area contributed by atoms with E-state index < -0.39 is 15.6 Å². The van der Waals surface area contributed by atoms with E-state index in [4.69, 9.17) is 0 Å². The molecule has 1 aromatic heterocycles. The number of aliphatic hydroxyl groups excluding tert-OH is 1. The molecule has 0 aliphatic rings. The molecule has 0 radical (unpaired) electrons. The fraction of sp³-hybridized carbons (Fsp3) is 0.231. The predicted molar refractivity (Wildman–Crippen MR) is 77.5 cm³/mol. The molecular formula is C13H15N3O4S. The third-order valence-electron chi connectivity index (χ3n) is 3.01. The summed E-state index contributed by atoms with van der Waals surface area (Å²) in [4.78, 5) is 11.0. The number of H-pyrrole nitrogens is 1. The van der Waals surface area contributed by atoms with Gasteiger partial charge >= 0.3 is 0 Å². The third-order valence-corrected chi connectivity index (χ3v) is 4.51. The molecule has 7 nitrogen and oxygen atoms in total. The molecule has 0 spiro atoms. The third kappa shape index (κ3) is 3.29. The Bertz CT molecular complexity index is 807. The topological polar surface area (TPSA) is 112 Å². The first-order valence-corrected chi connectivity index (χ1v) is 7.61. The molecule has 0 saturated heterocycles. The standard InChI is InChI=1S/C13H15N3O4S/c1-8-5-9(2)11(6-10(8)7-17)21(19,20)16-12-3-4-13(18)15-14-12/h3-6,17H,7H2,1-2H3,(H,14,16)(H,15,18). The molecule has 0 aliphatic carbocycles.